The first kappa shape index (κ1) is 14.4. The molecule has 1 aromatic rings. The van der Waals surface area contributed by atoms with Gasteiger partial charge in [0.25, 0.3) is 0 Å². The third kappa shape index (κ3) is 3.28. The molecule has 1 fully saturated rings. The molecule has 0 amide bonds. The number of rotatable bonds is 2. The summed E-state index contributed by atoms with van der Waals surface area (Å²) in [6.45, 7) is 5.22. The quantitative estimate of drug-likeness (QED) is 0.780. The van der Waals surface area contributed by atoms with Gasteiger partial charge < -0.3 is 9.64 Å². The maximum Gasteiger partial charge on any atom is 0.339 e. The van der Waals surface area contributed by atoms with Gasteiger partial charge in [-0.2, -0.15) is 0 Å². The van der Waals surface area contributed by atoms with E-state index in [0.717, 1.165) is 13.0 Å². The van der Waals surface area contributed by atoms with E-state index in [2.05, 4.69) is 25.8 Å². The summed E-state index contributed by atoms with van der Waals surface area (Å²) in [5, 5.41) is 0.445. The molecule has 0 aliphatic carbocycles. The number of halogens is 1. The normalized spacial score (nSPS) is 28.1. The number of likely N-dealkylation sites (tertiary alicyclic amines) is 1. The molecular formula is C15H20ClNO2. The van der Waals surface area contributed by atoms with Gasteiger partial charge in [0.05, 0.1) is 10.6 Å². The van der Waals surface area contributed by atoms with E-state index in [4.69, 9.17) is 16.3 Å². The predicted molar refractivity (Wildman–Crippen MR) is 76.5 cm³/mol. The number of piperidine rings is 1. The van der Waals surface area contributed by atoms with Crippen LogP contribution in [-0.4, -0.2) is 36.6 Å². The van der Waals surface area contributed by atoms with Gasteiger partial charge in [0.1, 0.15) is 6.10 Å². The minimum Gasteiger partial charge on any atom is -0.458 e. The second-order valence-electron chi connectivity index (χ2n) is 5.43. The summed E-state index contributed by atoms with van der Waals surface area (Å²) in [5.41, 5.74) is 0.447. The maximum atomic E-state index is 12.1. The molecule has 2 rings (SSSR count). The first-order valence-corrected chi connectivity index (χ1v) is 7.02. The fourth-order valence-electron chi connectivity index (χ4n) is 2.49. The first-order chi connectivity index (χ1) is 8.99. The molecule has 3 nitrogen and oxygen atoms in total. The second-order valence-corrected chi connectivity index (χ2v) is 5.83. The molecule has 1 aliphatic rings. The molecule has 1 saturated heterocycles. The van der Waals surface area contributed by atoms with Gasteiger partial charge in [0.15, 0.2) is 0 Å². The van der Waals surface area contributed by atoms with Crippen LogP contribution >= 0.6 is 11.6 Å². The number of nitrogens with zero attached hydrogens (tertiary/aromatic N) is 1. The lowest BCUT2D eigenvalue weighted by Crippen LogP contribution is -2.46. The number of hydrogen-bond acceptors (Lipinski definition) is 3. The van der Waals surface area contributed by atoms with E-state index in [-0.39, 0.29) is 12.1 Å². The number of benzene rings is 1. The van der Waals surface area contributed by atoms with Gasteiger partial charge in [-0.15, -0.1) is 0 Å². The molecule has 0 N–H and O–H groups in total. The number of carbonyl (C=O) groups excluding carboxylic acids is 1. The summed E-state index contributed by atoms with van der Waals surface area (Å²) in [6.07, 6.45) is 0.836. The van der Waals surface area contributed by atoms with Crippen LogP contribution in [0.4, 0.5) is 0 Å². The Kier molecular flexibility index (Phi) is 4.48. The summed E-state index contributed by atoms with van der Waals surface area (Å²) in [4.78, 5) is 14.4. The fourth-order valence-corrected chi connectivity index (χ4v) is 2.71. The van der Waals surface area contributed by atoms with Crippen LogP contribution in [0.15, 0.2) is 24.3 Å². The van der Waals surface area contributed by atoms with Gasteiger partial charge >= 0.3 is 5.97 Å². The average Bonchev–Trinajstić information content (AvgIpc) is 2.36. The second kappa shape index (κ2) is 5.93. The minimum absolute atomic E-state index is 0.0324. The summed E-state index contributed by atoms with van der Waals surface area (Å²) in [7, 11) is 2.10. The lowest BCUT2D eigenvalue weighted by atomic mass is 9.92. The van der Waals surface area contributed by atoms with Crippen molar-refractivity contribution in [2.45, 2.75) is 32.4 Å². The number of hydrogen-bond donors (Lipinski definition) is 0. The van der Waals surface area contributed by atoms with Gasteiger partial charge in [0.2, 0.25) is 0 Å². The van der Waals surface area contributed by atoms with Crippen LogP contribution in [-0.2, 0) is 4.74 Å². The monoisotopic (exact) mass is 281 g/mol. The van der Waals surface area contributed by atoms with E-state index in [9.17, 15) is 4.79 Å². The van der Waals surface area contributed by atoms with Crippen LogP contribution in [0.3, 0.4) is 0 Å². The van der Waals surface area contributed by atoms with Gasteiger partial charge in [-0.1, -0.05) is 30.7 Å². The highest BCUT2D eigenvalue weighted by Crippen LogP contribution is 2.25. The van der Waals surface area contributed by atoms with Crippen LogP contribution in [0, 0.1) is 5.92 Å². The highest BCUT2D eigenvalue weighted by molar-refractivity contribution is 6.33. The Morgan fingerprint density at radius 1 is 1.37 bits per heavy atom. The average molecular weight is 282 g/mol. The lowest BCUT2D eigenvalue weighted by molar-refractivity contribution is -0.0196. The Morgan fingerprint density at radius 2 is 2.05 bits per heavy atom. The Hall–Kier alpha value is -1.06. The smallest absolute Gasteiger partial charge is 0.339 e. The molecule has 0 saturated carbocycles. The number of ether oxygens (including phenoxy) is 1. The highest BCUT2D eigenvalue weighted by atomic mass is 35.5. The van der Waals surface area contributed by atoms with Crippen molar-refractivity contribution in [3.8, 4) is 0 Å². The number of esters is 1. The standard InChI is InChI=1S/C15H20ClNO2/c1-10-9-17(3)11(2)8-14(10)19-15(18)12-6-4-5-7-13(12)16/h4-7,10-11,14H,8-9H2,1-3H3/t10-,11-,14-/m1/s1. The van der Waals surface area contributed by atoms with Crippen molar-refractivity contribution in [3.05, 3.63) is 34.9 Å². The van der Waals surface area contributed by atoms with Crippen molar-refractivity contribution in [2.24, 2.45) is 5.92 Å². The fraction of sp³-hybridized carbons (Fsp3) is 0.533. The Labute approximate surface area is 119 Å². The number of carbonyl (C=O) groups is 1. The molecule has 0 bridgehead atoms. The first-order valence-electron chi connectivity index (χ1n) is 6.64. The van der Waals surface area contributed by atoms with Crippen molar-refractivity contribution in [1.29, 1.82) is 0 Å². The minimum atomic E-state index is -0.320. The van der Waals surface area contributed by atoms with E-state index in [1.165, 1.54) is 0 Å². The Bertz CT molecular complexity index is 463. The zero-order valence-electron chi connectivity index (χ0n) is 11.6. The topological polar surface area (TPSA) is 29.5 Å². The molecule has 1 aliphatic heterocycles. The third-order valence-corrected chi connectivity index (χ3v) is 4.22. The zero-order valence-corrected chi connectivity index (χ0v) is 12.4. The summed E-state index contributed by atoms with van der Waals surface area (Å²) in [5.74, 6) is 0.0202. The maximum absolute atomic E-state index is 12.1. The molecule has 3 atom stereocenters. The van der Waals surface area contributed by atoms with Crippen molar-refractivity contribution in [2.75, 3.05) is 13.6 Å². The van der Waals surface area contributed by atoms with E-state index < -0.39 is 0 Å². The van der Waals surface area contributed by atoms with Gasteiger partial charge in [0, 0.05) is 18.5 Å². The van der Waals surface area contributed by atoms with Gasteiger partial charge in [-0.3, -0.25) is 0 Å². The van der Waals surface area contributed by atoms with Crippen molar-refractivity contribution in [1.82, 2.24) is 4.90 Å². The summed E-state index contributed by atoms with van der Waals surface area (Å²) >= 11 is 6.02. The largest absolute Gasteiger partial charge is 0.458 e. The van der Waals surface area contributed by atoms with Crippen molar-refractivity contribution < 1.29 is 9.53 Å². The molecule has 104 valence electrons. The molecule has 1 aromatic carbocycles. The van der Waals surface area contributed by atoms with Crippen LogP contribution in [0.2, 0.25) is 5.02 Å². The Morgan fingerprint density at radius 3 is 2.74 bits per heavy atom. The van der Waals surface area contributed by atoms with Crippen LogP contribution in [0.1, 0.15) is 30.6 Å². The molecule has 1 heterocycles. The molecule has 19 heavy (non-hydrogen) atoms. The summed E-state index contributed by atoms with van der Waals surface area (Å²) in [6, 6.07) is 7.44. The molecule has 4 heteroatoms. The SMILES string of the molecule is C[C@@H]1CN(C)[C@H](C)C[C@H]1OC(=O)c1ccccc1Cl. The van der Waals surface area contributed by atoms with Crippen LogP contribution in [0.5, 0.6) is 0 Å². The highest BCUT2D eigenvalue weighted by Gasteiger charge is 2.32. The molecule has 0 spiro atoms. The van der Waals surface area contributed by atoms with Gasteiger partial charge in [-0.05, 0) is 32.5 Å². The summed E-state index contributed by atoms with van der Waals surface area (Å²) < 4.78 is 5.64. The molecular weight excluding hydrogens is 262 g/mol. The Balaban J connectivity index is 2.05. The van der Waals surface area contributed by atoms with E-state index in [1.54, 1.807) is 24.3 Å². The van der Waals surface area contributed by atoms with E-state index in [1.807, 2.05) is 0 Å². The molecule has 0 unspecified atom stereocenters. The molecule has 0 radical (unpaired) electrons. The van der Waals surface area contributed by atoms with Crippen LogP contribution in [0.25, 0.3) is 0 Å². The molecule has 0 aromatic heterocycles. The lowest BCUT2D eigenvalue weighted by Gasteiger charge is -2.39. The third-order valence-electron chi connectivity index (χ3n) is 3.89. The van der Waals surface area contributed by atoms with Crippen molar-refractivity contribution >= 4 is 17.6 Å². The van der Waals surface area contributed by atoms with Gasteiger partial charge in [-0.25, -0.2) is 4.79 Å². The van der Waals surface area contributed by atoms with Crippen LogP contribution < -0.4 is 0 Å². The zero-order chi connectivity index (χ0) is 14.0. The van der Waals surface area contributed by atoms with E-state index >= 15 is 0 Å². The van der Waals surface area contributed by atoms with E-state index in [0.29, 0.717) is 22.5 Å². The van der Waals surface area contributed by atoms with Crippen molar-refractivity contribution in [3.63, 3.8) is 0 Å². The predicted octanol–water partition coefficient (Wildman–Crippen LogP) is 3.23.